The van der Waals surface area contributed by atoms with Gasteiger partial charge in [0.15, 0.2) is 0 Å². The van der Waals surface area contributed by atoms with Crippen molar-refractivity contribution >= 4 is 5.91 Å². The summed E-state index contributed by atoms with van der Waals surface area (Å²) in [6.45, 7) is 0. The Morgan fingerprint density at radius 3 is 2.37 bits per heavy atom. The quantitative estimate of drug-likeness (QED) is 0.716. The van der Waals surface area contributed by atoms with Crippen molar-refractivity contribution in [1.29, 1.82) is 0 Å². The van der Waals surface area contributed by atoms with Gasteiger partial charge in [0.05, 0.1) is 23.7 Å². The first-order valence-corrected chi connectivity index (χ1v) is 8.35. The van der Waals surface area contributed by atoms with Gasteiger partial charge in [-0.25, -0.2) is 0 Å². The number of rotatable bonds is 5. The van der Waals surface area contributed by atoms with Gasteiger partial charge < -0.3 is 5.32 Å². The summed E-state index contributed by atoms with van der Waals surface area (Å²) in [6, 6.07) is 19.0. The minimum absolute atomic E-state index is 0.153. The van der Waals surface area contributed by atoms with Crippen molar-refractivity contribution in [3.63, 3.8) is 0 Å². The Labute approximate surface area is 154 Å². The van der Waals surface area contributed by atoms with Crippen molar-refractivity contribution in [2.45, 2.75) is 18.6 Å². The summed E-state index contributed by atoms with van der Waals surface area (Å²) in [5.74, 6) is -0.381. The molecular formula is C21H17F3N2O. The van der Waals surface area contributed by atoms with Crippen molar-refractivity contribution in [2.75, 3.05) is 0 Å². The van der Waals surface area contributed by atoms with E-state index in [-0.39, 0.29) is 12.3 Å². The Hall–Kier alpha value is -3.15. The fraction of sp³-hybridized carbons (Fsp3) is 0.143. The Bertz CT molecular complexity index is 857. The molecule has 0 saturated carbocycles. The molecule has 0 saturated heterocycles. The third-order valence-corrected chi connectivity index (χ3v) is 4.04. The zero-order valence-corrected chi connectivity index (χ0v) is 14.3. The lowest BCUT2D eigenvalue weighted by molar-refractivity contribution is -0.137. The van der Waals surface area contributed by atoms with Gasteiger partial charge in [-0.2, -0.15) is 13.2 Å². The van der Waals surface area contributed by atoms with Gasteiger partial charge >= 0.3 is 6.18 Å². The fourth-order valence-corrected chi connectivity index (χ4v) is 2.78. The highest BCUT2D eigenvalue weighted by Gasteiger charge is 2.30. The first-order chi connectivity index (χ1) is 12.9. The molecule has 0 radical (unpaired) electrons. The Morgan fingerprint density at radius 2 is 1.70 bits per heavy atom. The second-order valence-corrected chi connectivity index (χ2v) is 6.04. The zero-order chi connectivity index (χ0) is 19.3. The van der Waals surface area contributed by atoms with Crippen molar-refractivity contribution < 1.29 is 18.0 Å². The minimum atomic E-state index is -4.44. The van der Waals surface area contributed by atoms with Crippen molar-refractivity contribution in [3.8, 4) is 0 Å². The van der Waals surface area contributed by atoms with Gasteiger partial charge in [0.2, 0.25) is 5.91 Å². The van der Waals surface area contributed by atoms with E-state index in [4.69, 9.17) is 0 Å². The van der Waals surface area contributed by atoms with E-state index < -0.39 is 17.8 Å². The van der Waals surface area contributed by atoms with Gasteiger partial charge in [-0.3, -0.25) is 9.78 Å². The molecule has 1 amide bonds. The molecule has 0 aliphatic rings. The molecule has 6 heteroatoms. The lowest BCUT2D eigenvalue weighted by atomic mass is 10.0. The highest BCUT2D eigenvalue weighted by molar-refractivity contribution is 5.79. The topological polar surface area (TPSA) is 42.0 Å². The molecule has 1 heterocycles. The van der Waals surface area contributed by atoms with Crippen LogP contribution < -0.4 is 5.32 Å². The average molecular weight is 370 g/mol. The van der Waals surface area contributed by atoms with Crippen LogP contribution in [0.5, 0.6) is 0 Å². The number of halogens is 3. The van der Waals surface area contributed by atoms with E-state index in [1.54, 1.807) is 18.3 Å². The van der Waals surface area contributed by atoms with Crippen LogP contribution >= 0.6 is 0 Å². The Kier molecular flexibility index (Phi) is 5.54. The van der Waals surface area contributed by atoms with Crippen LogP contribution in [0.3, 0.4) is 0 Å². The average Bonchev–Trinajstić information content (AvgIpc) is 2.67. The van der Waals surface area contributed by atoms with Crippen molar-refractivity contribution in [1.82, 2.24) is 10.3 Å². The van der Waals surface area contributed by atoms with Crippen LogP contribution in [0.25, 0.3) is 0 Å². The molecule has 0 fully saturated rings. The summed E-state index contributed by atoms with van der Waals surface area (Å²) in [6.07, 6.45) is -2.96. The summed E-state index contributed by atoms with van der Waals surface area (Å²) < 4.78 is 38.5. The summed E-state index contributed by atoms with van der Waals surface area (Å²) in [5, 5.41) is 2.87. The molecule has 3 rings (SSSR count). The molecule has 0 aliphatic carbocycles. The zero-order valence-electron chi connectivity index (χ0n) is 14.3. The lowest BCUT2D eigenvalue weighted by Gasteiger charge is -2.19. The van der Waals surface area contributed by atoms with Crippen molar-refractivity contribution in [3.05, 3.63) is 101 Å². The molecule has 2 aromatic carbocycles. The molecule has 27 heavy (non-hydrogen) atoms. The maximum absolute atomic E-state index is 12.8. The van der Waals surface area contributed by atoms with Gasteiger partial charge in [0.25, 0.3) is 0 Å². The number of hydrogen-bond donors (Lipinski definition) is 1. The summed E-state index contributed by atoms with van der Waals surface area (Å²) in [4.78, 5) is 16.8. The van der Waals surface area contributed by atoms with E-state index in [0.717, 1.165) is 17.7 Å². The molecular weight excluding hydrogens is 353 g/mol. The molecule has 0 unspecified atom stereocenters. The molecule has 0 aliphatic heterocycles. The number of nitrogens with one attached hydrogen (secondary N) is 1. The predicted molar refractivity (Wildman–Crippen MR) is 95.8 cm³/mol. The van der Waals surface area contributed by atoms with E-state index in [1.807, 2.05) is 36.4 Å². The Balaban J connectivity index is 1.80. The third kappa shape index (κ3) is 4.94. The van der Waals surface area contributed by atoms with Crippen LogP contribution in [-0.4, -0.2) is 10.9 Å². The van der Waals surface area contributed by atoms with Gasteiger partial charge in [-0.15, -0.1) is 0 Å². The van der Waals surface area contributed by atoms with Gasteiger partial charge in [0.1, 0.15) is 0 Å². The summed E-state index contributed by atoms with van der Waals surface area (Å²) in [5.41, 5.74) is 1.03. The number of hydrogen-bond acceptors (Lipinski definition) is 2. The summed E-state index contributed by atoms with van der Waals surface area (Å²) >= 11 is 0. The van der Waals surface area contributed by atoms with E-state index in [1.165, 1.54) is 12.1 Å². The van der Waals surface area contributed by atoms with Crippen LogP contribution in [0, 0.1) is 0 Å². The third-order valence-electron chi connectivity index (χ3n) is 4.04. The van der Waals surface area contributed by atoms with E-state index >= 15 is 0 Å². The number of pyridine rings is 1. The molecule has 138 valence electrons. The molecule has 0 bridgehead atoms. The number of aromatic nitrogens is 1. The van der Waals surface area contributed by atoms with Crippen LogP contribution in [-0.2, 0) is 17.4 Å². The second kappa shape index (κ2) is 8.03. The van der Waals surface area contributed by atoms with Crippen LogP contribution in [0.15, 0.2) is 79.0 Å². The number of carbonyl (C=O) groups is 1. The molecule has 1 atom stereocenters. The largest absolute Gasteiger partial charge is 0.416 e. The van der Waals surface area contributed by atoms with Gasteiger partial charge in [0, 0.05) is 6.20 Å². The van der Waals surface area contributed by atoms with E-state index in [0.29, 0.717) is 11.3 Å². The maximum atomic E-state index is 12.8. The predicted octanol–water partition coefficient (Wildman–Crippen LogP) is 4.55. The van der Waals surface area contributed by atoms with Gasteiger partial charge in [-0.05, 0) is 29.3 Å². The number of benzene rings is 2. The van der Waals surface area contributed by atoms with Crippen molar-refractivity contribution in [2.24, 2.45) is 0 Å². The van der Waals surface area contributed by atoms with Crippen LogP contribution in [0.2, 0.25) is 0 Å². The molecule has 3 aromatic rings. The first-order valence-electron chi connectivity index (χ1n) is 8.35. The normalized spacial score (nSPS) is 12.4. The molecule has 3 nitrogen and oxygen atoms in total. The fourth-order valence-electron chi connectivity index (χ4n) is 2.78. The Morgan fingerprint density at radius 1 is 0.963 bits per heavy atom. The molecule has 1 aromatic heterocycles. The maximum Gasteiger partial charge on any atom is 0.416 e. The highest BCUT2D eigenvalue weighted by atomic mass is 19.4. The standard InChI is InChI=1S/C21H17F3N2O/c22-21(23,24)17-10-6-7-15(13-17)14-19(27)26-20(16-8-2-1-3-9-16)18-11-4-5-12-25-18/h1-13,20H,14H2,(H,26,27)/t20-/m1/s1. The number of alkyl halides is 3. The van der Waals surface area contributed by atoms with Crippen LogP contribution in [0.4, 0.5) is 13.2 Å². The van der Waals surface area contributed by atoms with Gasteiger partial charge in [-0.1, -0.05) is 54.6 Å². The smallest absolute Gasteiger partial charge is 0.343 e. The first kappa shape index (κ1) is 18.6. The minimum Gasteiger partial charge on any atom is -0.343 e. The molecule has 0 spiro atoms. The lowest BCUT2D eigenvalue weighted by Crippen LogP contribution is -2.31. The van der Waals surface area contributed by atoms with Crippen LogP contribution in [0.1, 0.15) is 28.4 Å². The number of carbonyl (C=O) groups excluding carboxylic acids is 1. The number of nitrogens with zero attached hydrogens (tertiary/aromatic N) is 1. The SMILES string of the molecule is O=C(Cc1cccc(C(F)(F)F)c1)N[C@H](c1ccccc1)c1ccccn1. The highest BCUT2D eigenvalue weighted by Crippen LogP contribution is 2.29. The second-order valence-electron chi connectivity index (χ2n) is 6.04. The van der Waals surface area contributed by atoms with E-state index in [2.05, 4.69) is 10.3 Å². The molecule has 1 N–H and O–H groups in total. The van der Waals surface area contributed by atoms with E-state index in [9.17, 15) is 18.0 Å². The summed E-state index contributed by atoms with van der Waals surface area (Å²) in [7, 11) is 0. The number of amides is 1. The monoisotopic (exact) mass is 370 g/mol.